The van der Waals surface area contributed by atoms with Crippen LogP contribution < -0.4 is 16.0 Å². The maximum atomic E-state index is 14.7. The summed E-state index contributed by atoms with van der Waals surface area (Å²) in [6.45, 7) is 1.27. The molecule has 0 unspecified atom stereocenters. The number of nitrogens with one attached hydrogen (secondary N) is 1. The number of carbonyl (C=O) groups is 1. The van der Waals surface area contributed by atoms with Crippen molar-refractivity contribution in [2.75, 3.05) is 23.3 Å². The van der Waals surface area contributed by atoms with E-state index in [1.54, 1.807) is 0 Å². The maximum Gasteiger partial charge on any atom is 0.463 e. The van der Waals surface area contributed by atoms with Crippen LogP contribution in [0, 0.1) is 17.5 Å². The number of nitrogens with zero attached hydrogens (tertiary/aromatic N) is 3. The number of hydrogen-bond acceptors (Lipinski definition) is 7. The molecule has 0 radical (unpaired) electrons. The van der Waals surface area contributed by atoms with E-state index in [-0.39, 0.29) is 34.7 Å². The van der Waals surface area contributed by atoms with Gasteiger partial charge in [0.2, 0.25) is 0 Å². The summed E-state index contributed by atoms with van der Waals surface area (Å²) in [6.07, 6.45) is 3.58. The molecule has 1 aromatic carbocycles. The van der Waals surface area contributed by atoms with Crippen LogP contribution in [0.3, 0.4) is 0 Å². The van der Waals surface area contributed by atoms with Crippen molar-refractivity contribution in [2.24, 2.45) is 5.73 Å². The molecule has 198 valence electrons. The number of piperidine rings is 1. The van der Waals surface area contributed by atoms with Crippen molar-refractivity contribution in [3.8, 4) is 11.3 Å². The van der Waals surface area contributed by atoms with Gasteiger partial charge in [-0.25, -0.2) is 18.2 Å². The van der Waals surface area contributed by atoms with Gasteiger partial charge >= 0.3 is 11.7 Å². The molecule has 1 aliphatic carbocycles. The first-order chi connectivity index (χ1) is 18.3. The number of anilines is 2. The highest BCUT2D eigenvalue weighted by molar-refractivity contribution is 7.64. The summed E-state index contributed by atoms with van der Waals surface area (Å²) < 4.78 is 54.9. The van der Waals surface area contributed by atoms with Crippen LogP contribution >= 0.6 is 0 Å². The Hall–Kier alpha value is -3.48. The average molecular weight is 545 g/mol. The molecule has 3 aromatic rings. The van der Waals surface area contributed by atoms with E-state index in [9.17, 15) is 27.3 Å². The van der Waals surface area contributed by atoms with Crippen molar-refractivity contribution in [3.63, 3.8) is 0 Å². The fourth-order valence-corrected chi connectivity index (χ4v) is 5.41. The average Bonchev–Trinajstić information content (AvgIpc) is 3.25. The summed E-state index contributed by atoms with van der Waals surface area (Å²) in [7, 11) is 0. The van der Waals surface area contributed by atoms with E-state index in [1.807, 2.05) is 0 Å². The first kappa shape index (κ1) is 26.1. The first-order valence-corrected chi connectivity index (χ1v) is 13.1. The van der Waals surface area contributed by atoms with Gasteiger partial charge in [0.05, 0.1) is 34.9 Å². The lowest BCUT2D eigenvalue weighted by molar-refractivity contribution is 0.102. The second-order valence-corrected chi connectivity index (χ2v) is 9.99. The summed E-state index contributed by atoms with van der Waals surface area (Å²) in [5, 5.41) is 13.1. The number of pyridine rings is 2. The van der Waals surface area contributed by atoms with Crippen molar-refractivity contribution in [1.29, 1.82) is 0 Å². The molecule has 1 amide bonds. The summed E-state index contributed by atoms with van der Waals surface area (Å²) in [5.41, 5.74) is 7.14. The van der Waals surface area contributed by atoms with Crippen molar-refractivity contribution >= 4 is 28.9 Å². The van der Waals surface area contributed by atoms with Gasteiger partial charge in [-0.2, -0.15) is 0 Å². The van der Waals surface area contributed by atoms with Crippen LogP contribution in [0.5, 0.6) is 0 Å². The van der Waals surface area contributed by atoms with E-state index in [0.717, 1.165) is 48.4 Å². The monoisotopic (exact) mass is 544 g/mol. The molecule has 1 fully saturated rings. The van der Waals surface area contributed by atoms with E-state index < -0.39 is 40.7 Å². The Kier molecular flexibility index (Phi) is 7.37. The topological polar surface area (TPSA) is 121 Å². The molecular weight excluding hydrogens is 519 g/mol. The zero-order chi connectivity index (χ0) is 27.0. The van der Waals surface area contributed by atoms with Crippen LogP contribution in [0.25, 0.3) is 11.3 Å². The number of aliphatic hydroxyl groups excluding tert-OH is 1. The Morgan fingerprint density at radius 2 is 1.95 bits per heavy atom. The maximum absolute atomic E-state index is 14.7. The summed E-state index contributed by atoms with van der Waals surface area (Å²) >= 11 is 0.148. The van der Waals surface area contributed by atoms with Gasteiger partial charge < -0.3 is 21.1 Å². The molecule has 12 heteroatoms. The predicted octanol–water partition coefficient (Wildman–Crippen LogP) is 3.65. The van der Waals surface area contributed by atoms with Gasteiger partial charge in [-0.15, -0.1) is 0 Å². The molecule has 0 bridgehead atoms. The normalized spacial score (nSPS) is 18.8. The number of carbonyl (C=O) groups excluding carboxylic acids is 1. The summed E-state index contributed by atoms with van der Waals surface area (Å²) in [5.74, 6) is -4.09. The Balaban J connectivity index is 1.50. The van der Waals surface area contributed by atoms with E-state index in [2.05, 4.69) is 20.2 Å². The van der Waals surface area contributed by atoms with Gasteiger partial charge in [-0.1, -0.05) is 0 Å². The second-order valence-electron chi connectivity index (χ2n) is 9.46. The van der Waals surface area contributed by atoms with Crippen LogP contribution in [0.15, 0.2) is 30.5 Å². The molecule has 4 N–H and O–H groups in total. The number of nitrogens with two attached hydrogens (primary N) is 1. The van der Waals surface area contributed by atoms with Crippen LogP contribution in [-0.4, -0.2) is 40.1 Å². The number of amides is 1. The molecule has 1 aliphatic heterocycles. The third-order valence-electron chi connectivity index (χ3n) is 6.83. The highest BCUT2D eigenvalue weighted by Crippen LogP contribution is 2.41. The fraction of sp³-hybridized carbons (Fsp3) is 0.346. The van der Waals surface area contributed by atoms with E-state index >= 15 is 0 Å². The SMILES string of the molecule is N[C@H]1CCCN(c2c(NC(=O)c3ccc(F)c(-c4c(F)cc(C[S+]=O)cc4F)n3)cnc3c2CC[C@H]3O)C1. The molecule has 2 aliphatic rings. The minimum atomic E-state index is -1.09. The molecule has 1 saturated heterocycles. The van der Waals surface area contributed by atoms with Crippen molar-refractivity contribution in [1.82, 2.24) is 9.97 Å². The Bertz CT molecular complexity index is 1400. The predicted molar refractivity (Wildman–Crippen MR) is 136 cm³/mol. The molecule has 0 spiro atoms. The van der Waals surface area contributed by atoms with Gasteiger partial charge in [-0.05, 0) is 49.9 Å². The number of rotatable bonds is 6. The third-order valence-corrected chi connectivity index (χ3v) is 7.28. The second kappa shape index (κ2) is 10.7. The molecule has 2 aromatic heterocycles. The number of fused-ring (bicyclic) bond motifs is 1. The van der Waals surface area contributed by atoms with Crippen LogP contribution in [0.2, 0.25) is 0 Å². The Labute approximate surface area is 220 Å². The van der Waals surface area contributed by atoms with Gasteiger partial charge in [0.1, 0.15) is 28.8 Å². The molecule has 2 atom stereocenters. The molecule has 38 heavy (non-hydrogen) atoms. The minimum Gasteiger partial charge on any atom is -0.387 e. The number of hydrogen-bond donors (Lipinski definition) is 3. The van der Waals surface area contributed by atoms with Crippen molar-refractivity contribution < 1.29 is 27.3 Å². The van der Waals surface area contributed by atoms with E-state index in [1.165, 1.54) is 6.20 Å². The molecular formula is C26H25F3N5O3S+. The number of halogens is 3. The van der Waals surface area contributed by atoms with Gasteiger partial charge in [0, 0.05) is 34.5 Å². The molecule has 5 rings (SSSR count). The van der Waals surface area contributed by atoms with Crippen LogP contribution in [0.4, 0.5) is 24.5 Å². The standard InChI is InChI=1S/C26H24F3N5O3S/c27-16-4-5-19(32-24(16)22-17(28)8-13(12-38-37)9-18(22)29)26(36)33-20-10-31-23-15(3-6-21(23)35)25(20)34-7-1-2-14(30)11-34/h4-5,8-10,14,21,35H,1-3,6-7,11-12,30H2/p+1/t14-,21+/m0/s1. The zero-order valence-corrected chi connectivity index (χ0v) is 21.0. The smallest absolute Gasteiger partial charge is 0.387 e. The number of benzene rings is 1. The zero-order valence-electron chi connectivity index (χ0n) is 20.2. The first-order valence-electron chi connectivity index (χ1n) is 12.2. The molecule has 3 heterocycles. The van der Waals surface area contributed by atoms with Crippen LogP contribution in [0.1, 0.15) is 52.7 Å². The Morgan fingerprint density at radius 1 is 1.18 bits per heavy atom. The lowest BCUT2D eigenvalue weighted by atomic mass is 10.0. The van der Waals surface area contributed by atoms with Crippen LogP contribution in [-0.2, 0) is 28.0 Å². The molecule has 0 saturated carbocycles. The lowest BCUT2D eigenvalue weighted by Gasteiger charge is -2.35. The number of aromatic nitrogens is 2. The lowest BCUT2D eigenvalue weighted by Crippen LogP contribution is -2.43. The van der Waals surface area contributed by atoms with E-state index in [4.69, 9.17) is 5.73 Å². The fourth-order valence-electron chi connectivity index (χ4n) is 5.11. The van der Waals surface area contributed by atoms with Crippen molar-refractivity contribution in [2.45, 2.75) is 43.6 Å². The Morgan fingerprint density at radius 3 is 2.66 bits per heavy atom. The van der Waals surface area contributed by atoms with Gasteiger partial charge in [0.25, 0.3) is 11.7 Å². The van der Waals surface area contributed by atoms with Gasteiger partial charge in [-0.3, -0.25) is 9.78 Å². The molecule has 8 nitrogen and oxygen atoms in total. The number of aliphatic hydroxyl groups is 1. The van der Waals surface area contributed by atoms with E-state index in [0.29, 0.717) is 37.3 Å². The third kappa shape index (κ3) is 4.98. The van der Waals surface area contributed by atoms with Crippen molar-refractivity contribution in [3.05, 3.63) is 70.4 Å². The summed E-state index contributed by atoms with van der Waals surface area (Å²) in [6, 6.07) is 3.87. The highest BCUT2D eigenvalue weighted by Gasteiger charge is 2.31. The summed E-state index contributed by atoms with van der Waals surface area (Å²) in [4.78, 5) is 23.6. The quantitative estimate of drug-likeness (QED) is 0.405. The van der Waals surface area contributed by atoms with Gasteiger partial charge in [0.15, 0.2) is 0 Å². The highest BCUT2D eigenvalue weighted by atomic mass is 32.1. The minimum absolute atomic E-state index is 0.0489. The largest absolute Gasteiger partial charge is 0.463 e.